The molecule has 2 rings (SSSR count). The van der Waals surface area contributed by atoms with Crippen molar-refractivity contribution in [3.8, 4) is 5.69 Å². The van der Waals surface area contributed by atoms with Gasteiger partial charge in [-0.2, -0.15) is 0 Å². The van der Waals surface area contributed by atoms with Crippen LogP contribution in [0.2, 0.25) is 0 Å². The molecule has 0 fully saturated rings. The summed E-state index contributed by atoms with van der Waals surface area (Å²) in [6.07, 6.45) is 0.606. The number of nitrogens with one attached hydrogen (secondary N) is 1. The van der Waals surface area contributed by atoms with E-state index in [1.54, 1.807) is 18.2 Å². The minimum Gasteiger partial charge on any atom is -0.396 e. The van der Waals surface area contributed by atoms with E-state index in [-0.39, 0.29) is 30.0 Å². The molecular weight excluding hydrogens is 311 g/mol. The number of amides is 1. The van der Waals surface area contributed by atoms with E-state index in [4.69, 9.17) is 5.11 Å². The first kappa shape index (κ1) is 18.1. The lowest BCUT2D eigenvalue weighted by Crippen LogP contribution is -2.29. The number of carbonyl (C=O) groups is 1. The summed E-state index contributed by atoms with van der Waals surface area (Å²) < 4.78 is 15.4. The molecular formula is C17H23FN4O2. The molecule has 1 aromatic heterocycles. The van der Waals surface area contributed by atoms with Crippen LogP contribution < -0.4 is 5.32 Å². The third-order valence-electron chi connectivity index (χ3n) is 3.67. The predicted octanol–water partition coefficient (Wildman–Crippen LogP) is 2.28. The zero-order valence-corrected chi connectivity index (χ0v) is 14.2. The maximum atomic E-state index is 14.1. The van der Waals surface area contributed by atoms with Crippen LogP contribution in [0.4, 0.5) is 4.39 Å². The molecule has 1 atom stereocenters. The molecule has 7 heteroatoms. The first-order valence-corrected chi connectivity index (χ1v) is 8.05. The fourth-order valence-corrected chi connectivity index (χ4v) is 2.26. The summed E-state index contributed by atoms with van der Waals surface area (Å²) in [4.78, 5) is 16.5. The van der Waals surface area contributed by atoms with Crippen LogP contribution in [-0.2, 0) is 0 Å². The summed E-state index contributed by atoms with van der Waals surface area (Å²) >= 11 is 0. The topological polar surface area (TPSA) is 80.0 Å². The molecule has 2 N–H and O–H groups in total. The van der Waals surface area contributed by atoms with Gasteiger partial charge in [0.1, 0.15) is 17.3 Å². The van der Waals surface area contributed by atoms with Crippen LogP contribution in [0.3, 0.4) is 0 Å². The monoisotopic (exact) mass is 334 g/mol. The SMILES string of the molecule is CC(CCO)CNC(=O)c1nc(C(C)C)n(-c2ccccc2F)n1. The van der Waals surface area contributed by atoms with Gasteiger partial charge in [0.25, 0.3) is 5.91 Å². The van der Waals surface area contributed by atoms with E-state index in [2.05, 4.69) is 15.4 Å². The molecule has 1 unspecified atom stereocenters. The van der Waals surface area contributed by atoms with Gasteiger partial charge in [-0.25, -0.2) is 14.1 Å². The molecule has 0 bridgehead atoms. The van der Waals surface area contributed by atoms with Gasteiger partial charge in [0.05, 0.1) is 0 Å². The summed E-state index contributed by atoms with van der Waals surface area (Å²) in [5, 5.41) is 15.8. The van der Waals surface area contributed by atoms with E-state index in [0.717, 1.165) is 0 Å². The van der Waals surface area contributed by atoms with Gasteiger partial charge >= 0.3 is 0 Å². The van der Waals surface area contributed by atoms with Crippen LogP contribution in [0.15, 0.2) is 24.3 Å². The Morgan fingerprint density at radius 3 is 2.67 bits per heavy atom. The van der Waals surface area contributed by atoms with E-state index < -0.39 is 11.7 Å². The first-order chi connectivity index (χ1) is 11.4. The Kier molecular flexibility index (Phi) is 6.03. The molecule has 0 radical (unpaired) electrons. The van der Waals surface area contributed by atoms with E-state index in [1.165, 1.54) is 10.7 Å². The van der Waals surface area contributed by atoms with Crippen molar-refractivity contribution in [1.29, 1.82) is 0 Å². The van der Waals surface area contributed by atoms with Crippen LogP contribution in [0.5, 0.6) is 0 Å². The molecule has 0 saturated carbocycles. The lowest BCUT2D eigenvalue weighted by molar-refractivity contribution is 0.0935. The Labute approximate surface area is 140 Å². The number of hydrogen-bond acceptors (Lipinski definition) is 4. The highest BCUT2D eigenvalue weighted by atomic mass is 19.1. The van der Waals surface area contributed by atoms with E-state index >= 15 is 0 Å². The van der Waals surface area contributed by atoms with Gasteiger partial charge in [0.2, 0.25) is 5.82 Å². The predicted molar refractivity (Wildman–Crippen MR) is 88.6 cm³/mol. The average molecular weight is 334 g/mol. The fraction of sp³-hybridized carbons (Fsp3) is 0.471. The zero-order chi connectivity index (χ0) is 17.7. The first-order valence-electron chi connectivity index (χ1n) is 8.05. The third-order valence-corrected chi connectivity index (χ3v) is 3.67. The summed E-state index contributed by atoms with van der Waals surface area (Å²) in [5.74, 6) is -0.166. The van der Waals surface area contributed by atoms with Gasteiger partial charge in [-0.15, -0.1) is 5.10 Å². The van der Waals surface area contributed by atoms with Gasteiger partial charge in [0.15, 0.2) is 0 Å². The van der Waals surface area contributed by atoms with Crippen molar-refractivity contribution in [2.45, 2.75) is 33.1 Å². The van der Waals surface area contributed by atoms with Gasteiger partial charge in [-0.1, -0.05) is 32.9 Å². The van der Waals surface area contributed by atoms with Crippen molar-refractivity contribution in [2.24, 2.45) is 5.92 Å². The zero-order valence-electron chi connectivity index (χ0n) is 14.2. The largest absolute Gasteiger partial charge is 0.396 e. The number of hydrogen-bond donors (Lipinski definition) is 2. The maximum absolute atomic E-state index is 14.1. The average Bonchev–Trinajstić information content (AvgIpc) is 2.99. The van der Waals surface area contributed by atoms with Crippen molar-refractivity contribution >= 4 is 5.91 Å². The highest BCUT2D eigenvalue weighted by Crippen LogP contribution is 2.19. The second-order valence-corrected chi connectivity index (χ2v) is 6.14. The number of halogens is 1. The van der Waals surface area contributed by atoms with Gasteiger partial charge in [0, 0.05) is 19.1 Å². The van der Waals surface area contributed by atoms with Crippen LogP contribution >= 0.6 is 0 Å². The Morgan fingerprint density at radius 1 is 1.33 bits per heavy atom. The third kappa shape index (κ3) is 4.17. The Morgan fingerprint density at radius 2 is 2.04 bits per heavy atom. The molecule has 130 valence electrons. The van der Waals surface area contributed by atoms with Crippen molar-refractivity contribution < 1.29 is 14.3 Å². The number of aliphatic hydroxyl groups excluding tert-OH is 1. The summed E-state index contributed by atoms with van der Waals surface area (Å²) in [6.45, 7) is 6.25. The minimum absolute atomic E-state index is 0.0122. The summed E-state index contributed by atoms with van der Waals surface area (Å²) in [5.41, 5.74) is 0.265. The van der Waals surface area contributed by atoms with Crippen molar-refractivity contribution in [2.75, 3.05) is 13.2 Å². The van der Waals surface area contributed by atoms with Gasteiger partial charge in [-0.05, 0) is 24.5 Å². The fourth-order valence-electron chi connectivity index (χ4n) is 2.26. The van der Waals surface area contributed by atoms with Crippen LogP contribution in [-0.4, -0.2) is 38.9 Å². The number of aromatic nitrogens is 3. The second kappa shape index (κ2) is 8.01. The number of rotatable bonds is 7. The number of aliphatic hydroxyl groups is 1. The van der Waals surface area contributed by atoms with E-state index in [0.29, 0.717) is 18.8 Å². The lowest BCUT2D eigenvalue weighted by atomic mass is 10.1. The molecule has 0 saturated heterocycles. The summed E-state index contributed by atoms with van der Waals surface area (Å²) in [7, 11) is 0. The number of carbonyl (C=O) groups excluding carboxylic acids is 1. The Balaban J connectivity index is 2.25. The van der Waals surface area contributed by atoms with Crippen molar-refractivity contribution in [1.82, 2.24) is 20.1 Å². The van der Waals surface area contributed by atoms with E-state index in [9.17, 15) is 9.18 Å². The Bertz CT molecular complexity index is 700. The normalized spacial score (nSPS) is 12.4. The quantitative estimate of drug-likeness (QED) is 0.814. The number of benzene rings is 1. The molecule has 1 amide bonds. The summed E-state index contributed by atoms with van der Waals surface area (Å²) in [6, 6.07) is 6.25. The molecule has 2 aromatic rings. The van der Waals surface area contributed by atoms with Crippen LogP contribution in [0, 0.1) is 11.7 Å². The van der Waals surface area contributed by atoms with Crippen molar-refractivity contribution in [3.63, 3.8) is 0 Å². The molecule has 1 aromatic carbocycles. The molecule has 24 heavy (non-hydrogen) atoms. The highest BCUT2D eigenvalue weighted by Gasteiger charge is 2.21. The smallest absolute Gasteiger partial charge is 0.290 e. The molecule has 0 aliphatic heterocycles. The molecule has 1 heterocycles. The number of para-hydroxylation sites is 1. The van der Waals surface area contributed by atoms with Crippen LogP contribution in [0.25, 0.3) is 5.69 Å². The Hall–Kier alpha value is -2.28. The lowest BCUT2D eigenvalue weighted by Gasteiger charge is -2.09. The van der Waals surface area contributed by atoms with Crippen molar-refractivity contribution in [3.05, 3.63) is 41.7 Å². The van der Waals surface area contributed by atoms with Crippen LogP contribution in [0.1, 0.15) is 49.6 Å². The second-order valence-electron chi connectivity index (χ2n) is 6.14. The molecule has 0 spiro atoms. The highest BCUT2D eigenvalue weighted by molar-refractivity contribution is 5.90. The maximum Gasteiger partial charge on any atom is 0.290 e. The molecule has 0 aliphatic carbocycles. The van der Waals surface area contributed by atoms with Gasteiger partial charge in [-0.3, -0.25) is 4.79 Å². The standard InChI is InChI=1S/C17H23FN4O2/c1-11(2)16-20-15(17(24)19-10-12(3)8-9-23)21-22(16)14-7-5-4-6-13(14)18/h4-7,11-12,23H,8-10H2,1-3H3,(H,19,24). The molecule has 6 nitrogen and oxygen atoms in total. The minimum atomic E-state index is -0.423. The number of nitrogens with zero attached hydrogens (tertiary/aromatic N) is 3. The van der Waals surface area contributed by atoms with E-state index in [1.807, 2.05) is 20.8 Å². The van der Waals surface area contributed by atoms with Gasteiger partial charge < -0.3 is 10.4 Å². The molecule has 0 aliphatic rings.